The van der Waals surface area contributed by atoms with Crippen molar-refractivity contribution in [1.29, 1.82) is 0 Å². The fourth-order valence-corrected chi connectivity index (χ4v) is 2.31. The molecule has 0 bridgehead atoms. The molecule has 0 unspecified atom stereocenters. The van der Waals surface area contributed by atoms with E-state index >= 15 is 0 Å². The van der Waals surface area contributed by atoms with Gasteiger partial charge >= 0.3 is 0 Å². The standard InChI is InChI=1S/C23H18FNO3/c24-21-10-4-5-11-22(21)27-17-7-6-16-25-23(26)18-12-14-20(15-13-18)28-19-8-2-1-3-9-19/h1-5,8-15H,16-17H2,(H,25,26). The minimum atomic E-state index is -0.433. The molecule has 0 aliphatic heterocycles. The van der Waals surface area contributed by atoms with Gasteiger partial charge in [-0.2, -0.15) is 0 Å². The predicted octanol–water partition coefficient (Wildman–Crippen LogP) is 4.43. The van der Waals surface area contributed by atoms with Crippen molar-refractivity contribution >= 4 is 5.91 Å². The van der Waals surface area contributed by atoms with E-state index in [2.05, 4.69) is 17.2 Å². The molecule has 0 aliphatic rings. The SMILES string of the molecule is O=C(NCC#CCOc1ccccc1F)c1ccc(Oc2ccccc2)cc1. The van der Waals surface area contributed by atoms with Crippen LogP contribution >= 0.6 is 0 Å². The van der Waals surface area contributed by atoms with Crippen molar-refractivity contribution in [2.45, 2.75) is 0 Å². The Hall–Kier alpha value is -3.78. The topological polar surface area (TPSA) is 47.6 Å². The van der Waals surface area contributed by atoms with Crippen molar-refractivity contribution in [3.05, 3.63) is 90.2 Å². The number of halogens is 1. The highest BCUT2D eigenvalue weighted by Gasteiger charge is 2.05. The molecule has 0 spiro atoms. The number of para-hydroxylation sites is 2. The number of carbonyl (C=O) groups excluding carboxylic acids is 1. The molecule has 5 heteroatoms. The van der Waals surface area contributed by atoms with Crippen LogP contribution in [0.1, 0.15) is 10.4 Å². The van der Waals surface area contributed by atoms with E-state index in [4.69, 9.17) is 9.47 Å². The maximum atomic E-state index is 13.4. The van der Waals surface area contributed by atoms with Gasteiger partial charge in [0.25, 0.3) is 5.91 Å². The summed E-state index contributed by atoms with van der Waals surface area (Å²) in [6, 6.07) is 22.4. The van der Waals surface area contributed by atoms with Gasteiger partial charge in [-0.25, -0.2) is 4.39 Å². The van der Waals surface area contributed by atoms with Crippen molar-refractivity contribution < 1.29 is 18.7 Å². The second-order valence-electron chi connectivity index (χ2n) is 5.69. The fourth-order valence-electron chi connectivity index (χ4n) is 2.31. The molecule has 3 aromatic carbocycles. The summed E-state index contributed by atoms with van der Waals surface area (Å²) in [5.74, 6) is 6.35. The molecule has 3 aromatic rings. The van der Waals surface area contributed by atoms with E-state index in [-0.39, 0.29) is 24.8 Å². The van der Waals surface area contributed by atoms with E-state index in [0.29, 0.717) is 11.3 Å². The Balaban J connectivity index is 1.43. The molecule has 0 heterocycles. The first kappa shape index (κ1) is 19.0. The number of carbonyl (C=O) groups is 1. The number of hydrogen-bond acceptors (Lipinski definition) is 3. The normalized spacial score (nSPS) is 9.75. The summed E-state index contributed by atoms with van der Waals surface area (Å²) >= 11 is 0. The lowest BCUT2D eigenvalue weighted by molar-refractivity contribution is 0.0958. The van der Waals surface area contributed by atoms with Crippen molar-refractivity contribution in [2.75, 3.05) is 13.2 Å². The molecule has 0 saturated carbocycles. The van der Waals surface area contributed by atoms with Crippen LogP contribution in [0.4, 0.5) is 4.39 Å². The molecule has 1 amide bonds. The van der Waals surface area contributed by atoms with Crippen molar-refractivity contribution in [3.63, 3.8) is 0 Å². The third-order valence-electron chi connectivity index (χ3n) is 3.69. The third-order valence-corrected chi connectivity index (χ3v) is 3.69. The first-order chi connectivity index (χ1) is 13.7. The van der Waals surface area contributed by atoms with Crippen molar-refractivity contribution in [1.82, 2.24) is 5.32 Å². The number of amides is 1. The summed E-state index contributed by atoms with van der Waals surface area (Å²) in [4.78, 5) is 12.1. The summed E-state index contributed by atoms with van der Waals surface area (Å²) in [6.07, 6.45) is 0. The molecule has 0 aromatic heterocycles. The van der Waals surface area contributed by atoms with Gasteiger partial charge < -0.3 is 14.8 Å². The Bertz CT molecular complexity index is 976. The molecular formula is C23H18FNO3. The molecule has 0 atom stereocenters. The highest BCUT2D eigenvalue weighted by atomic mass is 19.1. The van der Waals surface area contributed by atoms with Crippen LogP contribution in [0.3, 0.4) is 0 Å². The molecule has 140 valence electrons. The highest BCUT2D eigenvalue weighted by molar-refractivity contribution is 5.94. The lowest BCUT2D eigenvalue weighted by Gasteiger charge is -2.06. The third kappa shape index (κ3) is 5.61. The summed E-state index contributed by atoms with van der Waals surface area (Å²) < 4.78 is 24.3. The first-order valence-corrected chi connectivity index (χ1v) is 8.66. The zero-order chi connectivity index (χ0) is 19.6. The largest absolute Gasteiger partial charge is 0.478 e. The molecule has 0 radical (unpaired) electrons. The summed E-state index contributed by atoms with van der Waals surface area (Å²) in [5, 5.41) is 2.70. The lowest BCUT2D eigenvalue weighted by Crippen LogP contribution is -2.23. The van der Waals surface area contributed by atoms with Gasteiger partial charge in [-0.3, -0.25) is 4.79 Å². The predicted molar refractivity (Wildman–Crippen MR) is 105 cm³/mol. The molecule has 1 N–H and O–H groups in total. The summed E-state index contributed by atoms with van der Waals surface area (Å²) in [6.45, 7) is 0.212. The van der Waals surface area contributed by atoms with Crippen molar-refractivity contribution in [2.24, 2.45) is 0 Å². The van der Waals surface area contributed by atoms with Gasteiger partial charge in [0.05, 0.1) is 6.54 Å². The van der Waals surface area contributed by atoms with E-state index in [1.165, 1.54) is 12.1 Å². The van der Waals surface area contributed by atoms with Gasteiger partial charge in [0.1, 0.15) is 18.1 Å². The molecule has 0 fully saturated rings. The smallest absolute Gasteiger partial charge is 0.252 e. The second-order valence-corrected chi connectivity index (χ2v) is 5.69. The van der Waals surface area contributed by atoms with Crippen LogP contribution in [0.5, 0.6) is 17.2 Å². The molecule has 28 heavy (non-hydrogen) atoms. The van der Waals surface area contributed by atoms with E-state index < -0.39 is 5.82 Å². The Morgan fingerprint density at radius 2 is 1.54 bits per heavy atom. The van der Waals surface area contributed by atoms with Gasteiger partial charge in [0, 0.05) is 5.56 Å². The van der Waals surface area contributed by atoms with Crippen LogP contribution in [0.2, 0.25) is 0 Å². The highest BCUT2D eigenvalue weighted by Crippen LogP contribution is 2.21. The van der Waals surface area contributed by atoms with Gasteiger partial charge in [-0.1, -0.05) is 42.2 Å². The zero-order valence-corrected chi connectivity index (χ0v) is 15.0. The quantitative estimate of drug-likeness (QED) is 0.649. The van der Waals surface area contributed by atoms with Gasteiger partial charge in [0.15, 0.2) is 11.6 Å². The number of hydrogen-bond donors (Lipinski definition) is 1. The zero-order valence-electron chi connectivity index (χ0n) is 15.0. The van der Waals surface area contributed by atoms with Crippen LogP contribution in [0, 0.1) is 17.7 Å². The van der Waals surface area contributed by atoms with Gasteiger partial charge in [0.2, 0.25) is 0 Å². The lowest BCUT2D eigenvalue weighted by atomic mass is 10.2. The van der Waals surface area contributed by atoms with Crippen LogP contribution < -0.4 is 14.8 Å². The number of rotatable bonds is 6. The van der Waals surface area contributed by atoms with Gasteiger partial charge in [-0.15, -0.1) is 0 Å². The second kappa shape index (κ2) is 9.79. The van der Waals surface area contributed by atoms with E-state index in [1.54, 1.807) is 36.4 Å². The van der Waals surface area contributed by atoms with Crippen LogP contribution in [-0.4, -0.2) is 19.1 Å². The number of benzene rings is 3. The molecule has 0 saturated heterocycles. The molecular weight excluding hydrogens is 357 g/mol. The minimum absolute atomic E-state index is 0.0440. The Kier molecular flexibility index (Phi) is 6.64. The van der Waals surface area contributed by atoms with Crippen LogP contribution in [-0.2, 0) is 0 Å². The van der Waals surface area contributed by atoms with Gasteiger partial charge in [-0.05, 0) is 48.5 Å². The summed E-state index contributed by atoms with van der Waals surface area (Å²) in [5.41, 5.74) is 0.504. The maximum absolute atomic E-state index is 13.4. The molecule has 3 rings (SSSR count). The average Bonchev–Trinajstić information content (AvgIpc) is 2.73. The number of nitrogens with one attached hydrogen (secondary N) is 1. The van der Waals surface area contributed by atoms with E-state index in [9.17, 15) is 9.18 Å². The Morgan fingerprint density at radius 3 is 2.29 bits per heavy atom. The van der Waals surface area contributed by atoms with Crippen LogP contribution in [0.15, 0.2) is 78.9 Å². The minimum Gasteiger partial charge on any atom is -0.478 e. The van der Waals surface area contributed by atoms with E-state index in [0.717, 1.165) is 5.75 Å². The average molecular weight is 375 g/mol. The molecule has 4 nitrogen and oxygen atoms in total. The molecule has 0 aliphatic carbocycles. The van der Waals surface area contributed by atoms with E-state index in [1.807, 2.05) is 30.3 Å². The Labute approximate surface area is 162 Å². The maximum Gasteiger partial charge on any atom is 0.252 e. The monoisotopic (exact) mass is 375 g/mol. The van der Waals surface area contributed by atoms with Crippen molar-refractivity contribution in [3.8, 4) is 29.1 Å². The number of ether oxygens (including phenoxy) is 2. The fraction of sp³-hybridized carbons (Fsp3) is 0.0870. The van der Waals surface area contributed by atoms with Crippen LogP contribution in [0.25, 0.3) is 0 Å². The first-order valence-electron chi connectivity index (χ1n) is 8.66. The Morgan fingerprint density at radius 1 is 0.857 bits per heavy atom. The summed E-state index contributed by atoms with van der Waals surface area (Å²) in [7, 11) is 0.